The van der Waals surface area contributed by atoms with Gasteiger partial charge >= 0.3 is 0 Å². The van der Waals surface area contributed by atoms with Crippen molar-refractivity contribution in [1.29, 1.82) is 0 Å². The van der Waals surface area contributed by atoms with Gasteiger partial charge in [0.2, 0.25) is 11.8 Å². The Bertz CT molecular complexity index is 545. The lowest BCUT2D eigenvalue weighted by atomic mass is 10.2. The number of amides is 3. The number of nitrogens with zero attached hydrogens (tertiary/aromatic N) is 2. The van der Waals surface area contributed by atoms with Gasteiger partial charge in [-0.1, -0.05) is 0 Å². The molecular formula is C11H11FN4O3. The minimum absolute atomic E-state index is 0.0707. The van der Waals surface area contributed by atoms with Crippen molar-refractivity contribution in [2.45, 2.75) is 0 Å². The highest BCUT2D eigenvalue weighted by Gasteiger charge is 2.29. The number of halogens is 1. The summed E-state index contributed by atoms with van der Waals surface area (Å²) in [5, 5.41) is 4.57. The molecule has 1 aromatic rings. The first-order valence-corrected chi connectivity index (χ1v) is 5.47. The first-order chi connectivity index (χ1) is 9.02. The number of anilines is 1. The van der Waals surface area contributed by atoms with Crippen LogP contribution in [0.1, 0.15) is 10.4 Å². The summed E-state index contributed by atoms with van der Waals surface area (Å²) in [6.45, 7) is -0.553. The molecule has 0 radical (unpaired) electrons. The fraction of sp³-hybridized carbons (Fsp3) is 0.273. The third kappa shape index (κ3) is 2.51. The Hall–Kier alpha value is -2.51. The molecule has 2 heterocycles. The smallest absolute Gasteiger partial charge is 0.257 e. The predicted molar refractivity (Wildman–Crippen MR) is 62.8 cm³/mol. The van der Waals surface area contributed by atoms with E-state index in [2.05, 4.69) is 15.6 Å². The quantitative estimate of drug-likeness (QED) is 0.695. The highest BCUT2D eigenvalue weighted by atomic mass is 19.1. The summed E-state index contributed by atoms with van der Waals surface area (Å²) in [5.74, 6) is -2.78. The third-order valence-corrected chi connectivity index (χ3v) is 2.59. The van der Waals surface area contributed by atoms with Gasteiger partial charge in [-0.2, -0.15) is 0 Å². The maximum Gasteiger partial charge on any atom is 0.257 e. The van der Waals surface area contributed by atoms with Crippen LogP contribution in [0.5, 0.6) is 0 Å². The highest BCUT2D eigenvalue weighted by Crippen LogP contribution is 2.16. The molecule has 0 saturated carbocycles. The number of imide groups is 1. The van der Waals surface area contributed by atoms with E-state index >= 15 is 0 Å². The van der Waals surface area contributed by atoms with Crippen molar-refractivity contribution in [3.63, 3.8) is 0 Å². The molecule has 8 heteroatoms. The second kappa shape index (κ2) is 5.01. The van der Waals surface area contributed by atoms with Crippen LogP contribution in [0.15, 0.2) is 12.3 Å². The molecule has 0 atom stereocenters. The largest absolute Gasteiger partial charge is 0.371 e. The Morgan fingerprint density at radius 3 is 2.63 bits per heavy atom. The van der Waals surface area contributed by atoms with Crippen molar-refractivity contribution in [3.05, 3.63) is 23.6 Å². The highest BCUT2D eigenvalue weighted by molar-refractivity contribution is 6.05. The second-order valence-electron chi connectivity index (χ2n) is 3.90. The molecule has 1 aliphatic heterocycles. The summed E-state index contributed by atoms with van der Waals surface area (Å²) >= 11 is 0. The van der Waals surface area contributed by atoms with Crippen molar-refractivity contribution in [1.82, 2.24) is 15.2 Å². The summed E-state index contributed by atoms with van der Waals surface area (Å²) in [6.07, 6.45) is 1.27. The Balaban J connectivity index is 2.29. The number of aromatic nitrogens is 1. The zero-order chi connectivity index (χ0) is 14.0. The van der Waals surface area contributed by atoms with E-state index in [1.807, 2.05) is 0 Å². The summed E-state index contributed by atoms with van der Waals surface area (Å²) in [5.41, 5.74) is -0.234. The molecule has 0 bridgehead atoms. The first kappa shape index (κ1) is 12.9. The number of carbonyl (C=O) groups is 3. The zero-order valence-corrected chi connectivity index (χ0v) is 10.1. The fourth-order valence-corrected chi connectivity index (χ4v) is 1.73. The van der Waals surface area contributed by atoms with E-state index in [4.69, 9.17) is 0 Å². The van der Waals surface area contributed by atoms with Crippen LogP contribution in [-0.4, -0.2) is 47.7 Å². The van der Waals surface area contributed by atoms with E-state index in [9.17, 15) is 18.8 Å². The van der Waals surface area contributed by atoms with E-state index in [1.165, 1.54) is 19.3 Å². The van der Waals surface area contributed by atoms with Crippen molar-refractivity contribution < 1.29 is 18.8 Å². The minimum Gasteiger partial charge on any atom is -0.371 e. The zero-order valence-electron chi connectivity index (χ0n) is 10.1. The van der Waals surface area contributed by atoms with Gasteiger partial charge in [0.1, 0.15) is 13.1 Å². The number of piperazine rings is 1. The van der Waals surface area contributed by atoms with Crippen LogP contribution in [0.25, 0.3) is 0 Å². The average molecular weight is 266 g/mol. The van der Waals surface area contributed by atoms with Crippen LogP contribution in [0.2, 0.25) is 0 Å². The minimum atomic E-state index is -0.812. The average Bonchev–Trinajstić information content (AvgIpc) is 2.37. The molecule has 0 aliphatic carbocycles. The maximum absolute atomic E-state index is 13.9. The van der Waals surface area contributed by atoms with Crippen molar-refractivity contribution in [2.24, 2.45) is 0 Å². The van der Waals surface area contributed by atoms with Crippen LogP contribution < -0.4 is 10.6 Å². The van der Waals surface area contributed by atoms with Crippen LogP contribution in [0, 0.1) is 5.82 Å². The molecule has 1 aromatic heterocycles. The lowest BCUT2D eigenvalue weighted by Gasteiger charge is -2.25. The van der Waals surface area contributed by atoms with Gasteiger partial charge in [-0.3, -0.25) is 19.7 Å². The maximum atomic E-state index is 13.9. The van der Waals surface area contributed by atoms with Gasteiger partial charge in [0, 0.05) is 13.2 Å². The van der Waals surface area contributed by atoms with Crippen molar-refractivity contribution >= 4 is 23.5 Å². The molecule has 0 spiro atoms. The lowest BCUT2D eigenvalue weighted by molar-refractivity contribution is -0.135. The van der Waals surface area contributed by atoms with Crippen LogP contribution >= 0.6 is 0 Å². The topological polar surface area (TPSA) is 91.4 Å². The number of pyridine rings is 1. The van der Waals surface area contributed by atoms with Gasteiger partial charge in [-0.15, -0.1) is 0 Å². The van der Waals surface area contributed by atoms with Gasteiger partial charge in [-0.05, 0) is 6.07 Å². The predicted octanol–water partition coefficient (Wildman–Crippen LogP) is -0.639. The Labute approximate surface area is 107 Å². The molecule has 1 saturated heterocycles. The van der Waals surface area contributed by atoms with E-state index in [0.717, 1.165) is 4.90 Å². The molecule has 2 N–H and O–H groups in total. The van der Waals surface area contributed by atoms with Crippen LogP contribution in [0.4, 0.5) is 10.2 Å². The molecule has 0 unspecified atom stereocenters. The van der Waals surface area contributed by atoms with Gasteiger partial charge in [0.25, 0.3) is 5.91 Å². The summed E-state index contributed by atoms with van der Waals surface area (Å²) in [6, 6.07) is 1.20. The van der Waals surface area contributed by atoms with Crippen LogP contribution in [0.3, 0.4) is 0 Å². The van der Waals surface area contributed by atoms with E-state index in [-0.39, 0.29) is 24.5 Å². The molecule has 100 valence electrons. The van der Waals surface area contributed by atoms with Gasteiger partial charge < -0.3 is 10.2 Å². The van der Waals surface area contributed by atoms with E-state index in [1.54, 1.807) is 0 Å². The molecule has 2 rings (SSSR count). The fourth-order valence-electron chi connectivity index (χ4n) is 1.73. The number of rotatable bonds is 2. The standard InChI is InChI=1S/C11H11FN4O3/c1-13-10-9(12)6(2-3-14-10)11(19)16-4-7(17)15-8(18)5-16/h2-3H,4-5H2,1H3,(H,13,14)(H,15,17,18). The molecule has 0 aromatic carbocycles. The van der Waals surface area contributed by atoms with Crippen molar-refractivity contribution in [2.75, 3.05) is 25.5 Å². The van der Waals surface area contributed by atoms with E-state index in [0.29, 0.717) is 0 Å². The van der Waals surface area contributed by atoms with E-state index < -0.39 is 23.5 Å². The van der Waals surface area contributed by atoms with Gasteiger partial charge in [-0.25, -0.2) is 9.37 Å². The molecule has 19 heavy (non-hydrogen) atoms. The Kier molecular flexibility index (Phi) is 3.41. The van der Waals surface area contributed by atoms with Crippen molar-refractivity contribution in [3.8, 4) is 0 Å². The molecule has 7 nitrogen and oxygen atoms in total. The molecule has 1 fully saturated rings. The van der Waals surface area contributed by atoms with Gasteiger partial charge in [0.05, 0.1) is 5.56 Å². The number of carbonyl (C=O) groups excluding carboxylic acids is 3. The summed E-state index contributed by atoms with van der Waals surface area (Å²) < 4.78 is 13.9. The second-order valence-corrected chi connectivity index (χ2v) is 3.90. The lowest BCUT2D eigenvalue weighted by Crippen LogP contribution is -2.53. The summed E-state index contributed by atoms with van der Waals surface area (Å²) in [4.78, 5) is 39.1. The molecule has 3 amide bonds. The SMILES string of the molecule is CNc1nccc(C(=O)N2CC(=O)NC(=O)C2)c1F. The van der Waals surface area contributed by atoms with Gasteiger partial charge in [0.15, 0.2) is 11.6 Å². The van der Waals surface area contributed by atoms with Crippen LogP contribution in [-0.2, 0) is 9.59 Å². The normalized spacial score (nSPS) is 15.2. The molecular weight excluding hydrogens is 255 g/mol. The Morgan fingerprint density at radius 1 is 1.42 bits per heavy atom. The number of hydrogen-bond acceptors (Lipinski definition) is 5. The Morgan fingerprint density at radius 2 is 2.05 bits per heavy atom. The summed E-state index contributed by atoms with van der Waals surface area (Å²) in [7, 11) is 1.47. The number of hydrogen-bond donors (Lipinski definition) is 2. The molecule has 1 aliphatic rings. The number of nitrogens with one attached hydrogen (secondary N) is 2. The third-order valence-electron chi connectivity index (χ3n) is 2.59. The monoisotopic (exact) mass is 266 g/mol. The first-order valence-electron chi connectivity index (χ1n) is 5.47.